The van der Waals surface area contributed by atoms with Gasteiger partial charge in [0, 0.05) is 23.1 Å². The number of hydrogen-bond acceptors (Lipinski definition) is 4. The first-order valence-electron chi connectivity index (χ1n) is 15.0. The fraction of sp³-hybridized carbons (Fsp3) is 0.600. The number of methoxy groups -OCH3 is 1. The van der Waals surface area contributed by atoms with Gasteiger partial charge in [-0.3, -0.25) is 4.79 Å². The summed E-state index contributed by atoms with van der Waals surface area (Å²) in [5.74, 6) is 4.84. The zero-order valence-electron chi connectivity index (χ0n) is 24.6. The topological polar surface area (TPSA) is 47.9 Å². The smallest absolute Gasteiger partial charge is 0.187 e. The fourth-order valence-corrected chi connectivity index (χ4v) is 7.05. The number of ketones is 1. The molecule has 1 saturated heterocycles. The summed E-state index contributed by atoms with van der Waals surface area (Å²) in [5.41, 5.74) is 7.10. The van der Waals surface area contributed by atoms with Gasteiger partial charge in [0.15, 0.2) is 5.78 Å². The molecule has 4 heteroatoms. The van der Waals surface area contributed by atoms with Crippen molar-refractivity contribution in [1.82, 2.24) is 0 Å². The lowest BCUT2D eigenvalue weighted by molar-refractivity contribution is -0.132. The van der Waals surface area contributed by atoms with E-state index in [1.165, 1.54) is 28.7 Å². The van der Waals surface area contributed by atoms with Gasteiger partial charge >= 0.3 is 0 Å². The third-order valence-corrected chi connectivity index (χ3v) is 10.3. The van der Waals surface area contributed by atoms with E-state index in [0.717, 1.165) is 87.1 Å². The zero-order chi connectivity index (χ0) is 27.8. The van der Waals surface area contributed by atoms with Gasteiger partial charge in [0.2, 0.25) is 0 Å². The van der Waals surface area contributed by atoms with Crippen LogP contribution in [0.5, 0.6) is 5.75 Å². The second kappa shape index (κ2) is 11.1. The second-order valence-corrected chi connectivity index (χ2v) is 13.2. The molecule has 0 aromatic heterocycles. The van der Waals surface area contributed by atoms with Crippen LogP contribution in [-0.2, 0) is 16.0 Å². The average Bonchev–Trinajstić information content (AvgIpc) is 3.05. The summed E-state index contributed by atoms with van der Waals surface area (Å²) in [6.45, 7) is 10.2. The van der Waals surface area contributed by atoms with Crippen LogP contribution in [-0.4, -0.2) is 31.8 Å². The van der Waals surface area contributed by atoms with Crippen molar-refractivity contribution in [3.8, 4) is 18.1 Å². The van der Waals surface area contributed by atoms with Gasteiger partial charge in [-0.05, 0) is 110 Å². The molecule has 5 rings (SSSR count). The predicted octanol–water partition coefficient (Wildman–Crippen LogP) is 7.74. The van der Waals surface area contributed by atoms with Gasteiger partial charge in [-0.25, -0.2) is 4.99 Å². The van der Waals surface area contributed by atoms with Crippen molar-refractivity contribution in [2.75, 3.05) is 20.3 Å². The zero-order valence-corrected chi connectivity index (χ0v) is 24.6. The van der Waals surface area contributed by atoms with Crippen LogP contribution in [0.25, 0.3) is 0 Å². The number of fused-ring (bicyclic) bond motifs is 5. The molecule has 1 aromatic rings. The van der Waals surface area contributed by atoms with Crippen LogP contribution in [0, 0.1) is 29.1 Å². The van der Waals surface area contributed by atoms with Crippen LogP contribution in [0.4, 0.5) is 0 Å². The van der Waals surface area contributed by atoms with E-state index in [1.807, 2.05) is 0 Å². The highest BCUT2D eigenvalue weighted by atomic mass is 16.5. The Morgan fingerprint density at radius 3 is 2.69 bits per heavy atom. The number of allylic oxidation sites excluding steroid dienone is 4. The van der Waals surface area contributed by atoms with Crippen LogP contribution >= 0.6 is 0 Å². The monoisotopic (exact) mass is 527 g/mol. The van der Waals surface area contributed by atoms with E-state index >= 15 is 0 Å². The number of terminal acetylenes is 1. The Morgan fingerprint density at radius 1 is 1.15 bits per heavy atom. The molecular weight excluding hydrogens is 482 g/mol. The summed E-state index contributed by atoms with van der Waals surface area (Å²) in [6, 6.07) is 4.33. The number of benzene rings is 1. The molecule has 1 fully saturated rings. The largest absolute Gasteiger partial charge is 0.495 e. The van der Waals surface area contributed by atoms with Crippen molar-refractivity contribution in [2.24, 2.45) is 21.7 Å². The number of aryl methyl sites for hydroxylation is 1. The van der Waals surface area contributed by atoms with Gasteiger partial charge in [0.25, 0.3) is 0 Å². The minimum absolute atomic E-state index is 0.217. The predicted molar refractivity (Wildman–Crippen MR) is 158 cm³/mol. The van der Waals surface area contributed by atoms with Crippen molar-refractivity contribution in [3.63, 3.8) is 0 Å². The molecule has 0 radical (unpaired) electrons. The average molecular weight is 528 g/mol. The third-order valence-electron chi connectivity index (χ3n) is 10.3. The lowest BCUT2D eigenvalue weighted by Crippen LogP contribution is -2.44. The maximum absolute atomic E-state index is 14.7. The van der Waals surface area contributed by atoms with Crippen molar-refractivity contribution in [3.05, 3.63) is 51.7 Å². The molecule has 3 atom stereocenters. The normalized spacial score (nSPS) is 28.9. The molecular formula is C35H45NO3. The Hall–Kier alpha value is -2.64. The second-order valence-electron chi connectivity index (χ2n) is 13.2. The van der Waals surface area contributed by atoms with Crippen LogP contribution in [0.15, 0.2) is 40.0 Å². The Morgan fingerprint density at radius 2 is 1.97 bits per heavy atom. The third kappa shape index (κ3) is 5.28. The summed E-state index contributed by atoms with van der Waals surface area (Å²) < 4.78 is 11.6. The van der Waals surface area contributed by atoms with Crippen molar-refractivity contribution >= 4 is 11.5 Å². The number of carbonyl (C=O) groups is 1. The van der Waals surface area contributed by atoms with E-state index in [2.05, 4.69) is 51.8 Å². The minimum Gasteiger partial charge on any atom is -0.495 e. The molecule has 1 aromatic carbocycles. The van der Waals surface area contributed by atoms with Gasteiger partial charge in [-0.15, -0.1) is 6.42 Å². The summed E-state index contributed by atoms with van der Waals surface area (Å²) in [7, 11) is 1.69. The van der Waals surface area contributed by atoms with Crippen molar-refractivity contribution < 1.29 is 14.3 Å². The quantitative estimate of drug-likeness (QED) is 0.376. The van der Waals surface area contributed by atoms with Crippen LogP contribution in [0.3, 0.4) is 0 Å². The van der Waals surface area contributed by atoms with Gasteiger partial charge in [-0.1, -0.05) is 39.7 Å². The van der Waals surface area contributed by atoms with E-state index in [-0.39, 0.29) is 11.2 Å². The number of carbonyl (C=O) groups excluding carboxylic acids is 1. The first-order chi connectivity index (χ1) is 18.7. The Labute approximate surface area is 235 Å². The van der Waals surface area contributed by atoms with E-state index in [9.17, 15) is 4.79 Å². The van der Waals surface area contributed by atoms with E-state index in [0.29, 0.717) is 18.4 Å². The van der Waals surface area contributed by atoms with Crippen molar-refractivity contribution in [2.45, 2.75) is 97.8 Å². The first kappa shape index (κ1) is 27.9. The van der Waals surface area contributed by atoms with Gasteiger partial charge in [-0.2, -0.15) is 0 Å². The number of aliphatic imine (C=N–C) groups is 1. The highest BCUT2D eigenvalue weighted by Crippen LogP contribution is 2.49. The van der Waals surface area contributed by atoms with Crippen LogP contribution in [0.2, 0.25) is 0 Å². The van der Waals surface area contributed by atoms with Gasteiger partial charge in [0.05, 0.1) is 19.3 Å². The Kier molecular flexibility index (Phi) is 7.93. The molecule has 0 amide bonds. The molecule has 2 bridgehead atoms. The van der Waals surface area contributed by atoms with Gasteiger partial charge < -0.3 is 9.47 Å². The van der Waals surface area contributed by atoms with Crippen LogP contribution < -0.4 is 4.74 Å². The SMILES string of the molecule is C#Cc1cc2c(cc1OC)CCC1=C(C(=O)C3(C)CCCOCC3(C)C)N=C(C3=CCC(C)CC3)CC2CC1. The minimum atomic E-state index is -0.514. The van der Waals surface area contributed by atoms with E-state index in [1.54, 1.807) is 7.11 Å². The summed E-state index contributed by atoms with van der Waals surface area (Å²) in [4.78, 5) is 20.1. The maximum Gasteiger partial charge on any atom is 0.187 e. The number of ether oxygens (including phenoxy) is 2. The molecule has 208 valence electrons. The number of hydrogen-bond donors (Lipinski definition) is 0. The standard InChI is InChI=1S/C35H45NO3/c1-7-24-19-29-27-15-13-26(14-16-28(29)21-31(24)38-6)32(36-30(20-27)25-11-9-23(2)10-12-25)33(37)35(5)17-8-18-39-22-34(35,3)4/h1,11,19,21,23,27H,8-10,12-18,20,22H2,2-6H3. The molecule has 0 spiro atoms. The first-order valence-corrected chi connectivity index (χ1v) is 15.0. The van der Waals surface area contributed by atoms with Gasteiger partial charge in [0.1, 0.15) is 11.4 Å². The molecule has 2 aliphatic heterocycles. The summed E-state index contributed by atoms with van der Waals surface area (Å²) in [6.07, 6.45) is 17.8. The molecule has 2 aliphatic carbocycles. The Balaban J connectivity index is 1.66. The highest BCUT2D eigenvalue weighted by molar-refractivity contribution is 6.07. The number of nitrogens with zero attached hydrogens (tertiary/aromatic N) is 1. The molecule has 0 saturated carbocycles. The molecule has 0 N–H and O–H groups in total. The highest BCUT2D eigenvalue weighted by Gasteiger charge is 2.49. The summed E-state index contributed by atoms with van der Waals surface area (Å²) in [5, 5.41) is 0. The maximum atomic E-state index is 14.7. The molecule has 2 heterocycles. The lowest BCUT2D eigenvalue weighted by atomic mass is 9.61. The molecule has 4 aliphatic rings. The fourth-order valence-electron chi connectivity index (χ4n) is 7.05. The molecule has 4 nitrogen and oxygen atoms in total. The molecule has 3 unspecified atom stereocenters. The number of rotatable bonds is 4. The summed E-state index contributed by atoms with van der Waals surface area (Å²) >= 11 is 0. The van der Waals surface area contributed by atoms with E-state index < -0.39 is 5.41 Å². The Bertz CT molecular complexity index is 1270. The van der Waals surface area contributed by atoms with Crippen LogP contribution in [0.1, 0.15) is 108 Å². The lowest BCUT2D eigenvalue weighted by Gasteiger charge is -2.42. The molecule has 39 heavy (non-hydrogen) atoms. The van der Waals surface area contributed by atoms with E-state index in [4.69, 9.17) is 20.9 Å². The number of Topliss-reactive ketones (excluding diaryl/α,β-unsaturated/α-hetero) is 1. The van der Waals surface area contributed by atoms with Crippen molar-refractivity contribution in [1.29, 1.82) is 0 Å².